The second-order valence-corrected chi connectivity index (χ2v) is 4.92. The molecule has 2 aromatic carbocycles. The summed E-state index contributed by atoms with van der Waals surface area (Å²) in [6.45, 7) is 2.50. The van der Waals surface area contributed by atoms with E-state index in [2.05, 4.69) is 5.32 Å². The number of para-hydroxylation sites is 1. The van der Waals surface area contributed by atoms with Gasteiger partial charge in [-0.15, -0.1) is 0 Å². The van der Waals surface area contributed by atoms with Crippen LogP contribution in [0.1, 0.15) is 17.5 Å². The van der Waals surface area contributed by atoms with Crippen molar-refractivity contribution in [1.29, 1.82) is 0 Å². The molecule has 1 N–H and O–H groups in total. The average Bonchev–Trinajstić information content (AvgIpc) is 2.44. The molecule has 0 amide bonds. The van der Waals surface area contributed by atoms with Crippen molar-refractivity contribution in [2.45, 2.75) is 19.8 Å². The minimum absolute atomic E-state index is 0.0752. The number of nitrogens with one attached hydrogen (secondary N) is 1. The minimum Gasteiger partial charge on any atom is -0.384 e. The van der Waals surface area contributed by atoms with Crippen LogP contribution in [-0.2, 0) is 6.42 Å². The highest BCUT2D eigenvalue weighted by Crippen LogP contribution is 2.37. The van der Waals surface area contributed by atoms with E-state index in [4.69, 9.17) is 0 Å². The quantitative estimate of drug-likeness (QED) is 0.805. The van der Waals surface area contributed by atoms with Crippen molar-refractivity contribution in [2.24, 2.45) is 0 Å². The Morgan fingerprint density at radius 1 is 1.11 bits per heavy atom. The fourth-order valence-corrected chi connectivity index (χ4v) is 2.62. The Hall–Kier alpha value is -1.90. The van der Waals surface area contributed by atoms with Crippen LogP contribution in [0.3, 0.4) is 0 Å². The van der Waals surface area contributed by atoms with Gasteiger partial charge in [0, 0.05) is 17.8 Å². The van der Waals surface area contributed by atoms with Gasteiger partial charge < -0.3 is 5.32 Å². The Morgan fingerprint density at radius 2 is 1.95 bits per heavy atom. The van der Waals surface area contributed by atoms with Gasteiger partial charge in [-0.3, -0.25) is 0 Å². The van der Waals surface area contributed by atoms with Gasteiger partial charge >= 0.3 is 0 Å². The van der Waals surface area contributed by atoms with Gasteiger partial charge in [0.1, 0.15) is 11.6 Å². The molecule has 19 heavy (non-hydrogen) atoms. The number of rotatable bonds is 1. The van der Waals surface area contributed by atoms with E-state index in [9.17, 15) is 8.78 Å². The molecule has 3 heteroatoms. The van der Waals surface area contributed by atoms with Crippen LogP contribution in [0.5, 0.6) is 0 Å². The zero-order valence-corrected chi connectivity index (χ0v) is 10.8. The molecule has 1 heterocycles. The second kappa shape index (κ2) is 4.65. The first-order valence-electron chi connectivity index (χ1n) is 6.49. The molecule has 0 saturated carbocycles. The molecule has 1 nitrogen and oxygen atoms in total. The smallest absolute Gasteiger partial charge is 0.136 e. The summed E-state index contributed by atoms with van der Waals surface area (Å²) in [6, 6.07) is 8.45. The zero-order chi connectivity index (χ0) is 13.4. The molecule has 0 saturated heterocycles. The molecule has 0 aliphatic carbocycles. The van der Waals surface area contributed by atoms with Crippen LogP contribution in [0.2, 0.25) is 0 Å². The van der Waals surface area contributed by atoms with E-state index < -0.39 is 11.6 Å². The summed E-state index contributed by atoms with van der Waals surface area (Å²) in [7, 11) is 0. The van der Waals surface area contributed by atoms with Gasteiger partial charge in [0.15, 0.2) is 0 Å². The molecule has 0 aromatic heterocycles. The topological polar surface area (TPSA) is 12.0 Å². The molecule has 0 bridgehead atoms. The molecular formula is C16H15F2N. The van der Waals surface area contributed by atoms with Crippen LogP contribution >= 0.6 is 0 Å². The van der Waals surface area contributed by atoms with Crippen molar-refractivity contribution >= 4 is 5.69 Å². The van der Waals surface area contributed by atoms with E-state index in [0.29, 0.717) is 11.1 Å². The van der Waals surface area contributed by atoms with E-state index in [1.54, 1.807) is 13.0 Å². The number of halogens is 2. The van der Waals surface area contributed by atoms with Crippen molar-refractivity contribution in [3.05, 3.63) is 53.1 Å². The monoisotopic (exact) mass is 259 g/mol. The first-order valence-corrected chi connectivity index (χ1v) is 6.49. The number of aryl methyl sites for hydroxylation is 2. The molecule has 0 spiro atoms. The molecule has 2 aromatic rings. The van der Waals surface area contributed by atoms with E-state index in [1.165, 1.54) is 12.1 Å². The van der Waals surface area contributed by atoms with Gasteiger partial charge in [-0.05, 0) is 37.0 Å². The third-order valence-electron chi connectivity index (χ3n) is 3.63. The molecule has 0 radical (unpaired) electrons. The van der Waals surface area contributed by atoms with E-state index in [-0.39, 0.29) is 5.56 Å². The van der Waals surface area contributed by atoms with Crippen LogP contribution < -0.4 is 5.32 Å². The largest absolute Gasteiger partial charge is 0.384 e. The Kier molecular flexibility index (Phi) is 2.97. The molecule has 0 fully saturated rings. The van der Waals surface area contributed by atoms with Gasteiger partial charge in [-0.1, -0.05) is 24.3 Å². The van der Waals surface area contributed by atoms with Crippen molar-refractivity contribution in [2.75, 3.05) is 11.9 Å². The molecule has 3 rings (SSSR count). The summed E-state index contributed by atoms with van der Waals surface area (Å²) in [5.41, 5.74) is 3.16. The lowest BCUT2D eigenvalue weighted by Gasteiger charge is -2.22. The normalized spacial score (nSPS) is 13.8. The van der Waals surface area contributed by atoms with Crippen LogP contribution in [0.15, 0.2) is 30.3 Å². The Labute approximate surface area is 111 Å². The number of hydrogen-bond acceptors (Lipinski definition) is 1. The molecule has 0 unspecified atom stereocenters. The van der Waals surface area contributed by atoms with Crippen molar-refractivity contribution in [1.82, 2.24) is 0 Å². The summed E-state index contributed by atoms with van der Waals surface area (Å²) >= 11 is 0. The van der Waals surface area contributed by atoms with E-state index >= 15 is 0 Å². The Balaban J connectivity index is 2.26. The average molecular weight is 259 g/mol. The lowest BCUT2D eigenvalue weighted by atomic mass is 9.94. The van der Waals surface area contributed by atoms with Crippen LogP contribution in [-0.4, -0.2) is 6.54 Å². The van der Waals surface area contributed by atoms with E-state index in [1.807, 2.05) is 12.1 Å². The second-order valence-electron chi connectivity index (χ2n) is 4.92. The highest BCUT2D eigenvalue weighted by molar-refractivity contribution is 5.81. The van der Waals surface area contributed by atoms with Gasteiger partial charge in [0.2, 0.25) is 0 Å². The van der Waals surface area contributed by atoms with Crippen molar-refractivity contribution in [3.63, 3.8) is 0 Å². The maximum atomic E-state index is 14.3. The third-order valence-corrected chi connectivity index (χ3v) is 3.63. The fourth-order valence-electron chi connectivity index (χ4n) is 2.62. The summed E-state index contributed by atoms with van der Waals surface area (Å²) < 4.78 is 28.3. The summed E-state index contributed by atoms with van der Waals surface area (Å²) in [5, 5.41) is 3.27. The van der Waals surface area contributed by atoms with Gasteiger partial charge in [-0.2, -0.15) is 0 Å². The maximum absolute atomic E-state index is 14.3. The fraction of sp³-hybridized carbons (Fsp3) is 0.250. The molecule has 1 aliphatic heterocycles. The highest BCUT2D eigenvalue weighted by Gasteiger charge is 2.19. The Morgan fingerprint density at radius 3 is 2.79 bits per heavy atom. The summed E-state index contributed by atoms with van der Waals surface area (Å²) in [4.78, 5) is 0. The summed E-state index contributed by atoms with van der Waals surface area (Å²) in [5.74, 6) is -0.982. The lowest BCUT2D eigenvalue weighted by molar-refractivity contribution is 0.583. The first kappa shape index (κ1) is 12.2. The summed E-state index contributed by atoms with van der Waals surface area (Å²) in [6.07, 6.45) is 2.00. The van der Waals surface area contributed by atoms with Crippen LogP contribution in [0, 0.1) is 18.6 Å². The number of benzene rings is 2. The van der Waals surface area contributed by atoms with E-state index in [0.717, 1.165) is 30.6 Å². The van der Waals surface area contributed by atoms with Gasteiger partial charge in [0.25, 0.3) is 0 Å². The van der Waals surface area contributed by atoms with Crippen LogP contribution in [0.4, 0.5) is 14.5 Å². The third kappa shape index (κ3) is 1.99. The number of hydrogen-bond donors (Lipinski definition) is 1. The molecular weight excluding hydrogens is 244 g/mol. The molecule has 0 atom stereocenters. The maximum Gasteiger partial charge on any atom is 0.136 e. The number of fused-ring (bicyclic) bond motifs is 1. The molecule has 1 aliphatic rings. The molecule has 98 valence electrons. The SMILES string of the molecule is Cc1ccc(F)c(-c2cccc3c2NCCC3)c1F. The highest BCUT2D eigenvalue weighted by atomic mass is 19.1. The predicted octanol–water partition coefficient (Wildman–Crippen LogP) is 4.30. The predicted molar refractivity (Wildman–Crippen MR) is 73.3 cm³/mol. The minimum atomic E-state index is -0.510. The van der Waals surface area contributed by atoms with Crippen LogP contribution in [0.25, 0.3) is 11.1 Å². The zero-order valence-electron chi connectivity index (χ0n) is 10.8. The van der Waals surface area contributed by atoms with Crippen molar-refractivity contribution < 1.29 is 8.78 Å². The first-order chi connectivity index (χ1) is 9.18. The van der Waals surface area contributed by atoms with Crippen molar-refractivity contribution in [3.8, 4) is 11.1 Å². The lowest BCUT2D eigenvalue weighted by Crippen LogP contribution is -2.13. The van der Waals surface area contributed by atoms with Gasteiger partial charge in [-0.25, -0.2) is 8.78 Å². The standard InChI is InChI=1S/C16H15F2N/c1-10-7-8-13(17)14(15(10)18)12-6-2-4-11-5-3-9-19-16(11)12/h2,4,6-8,19H,3,5,9H2,1H3. The number of anilines is 1. The Bertz CT molecular complexity index is 635. The van der Waals surface area contributed by atoms with Gasteiger partial charge in [0.05, 0.1) is 5.56 Å².